The fraction of sp³-hybridized carbons (Fsp3) is 0.345. The summed E-state index contributed by atoms with van der Waals surface area (Å²) in [5.41, 5.74) is 3.05. The molecule has 1 aromatic carbocycles. The molecule has 0 spiro atoms. The van der Waals surface area contributed by atoms with E-state index in [9.17, 15) is 4.79 Å². The second kappa shape index (κ2) is 13.5. The third kappa shape index (κ3) is 6.80. The van der Waals surface area contributed by atoms with Gasteiger partial charge in [0.15, 0.2) is 0 Å². The molecule has 2 unspecified atom stereocenters. The lowest BCUT2D eigenvalue weighted by Crippen LogP contribution is -2.47. The van der Waals surface area contributed by atoms with Crippen molar-refractivity contribution < 1.29 is 4.79 Å². The van der Waals surface area contributed by atoms with Gasteiger partial charge < -0.3 is 9.80 Å². The molecule has 0 saturated carbocycles. The zero-order chi connectivity index (χ0) is 23.3. The van der Waals surface area contributed by atoms with Crippen LogP contribution in [0.25, 0.3) is 0 Å². The summed E-state index contributed by atoms with van der Waals surface area (Å²) in [7, 11) is 1.94. The molecule has 1 aliphatic heterocycles. The molecular formula is C29H38N2O. The highest BCUT2D eigenvalue weighted by Crippen LogP contribution is 2.30. The molecule has 1 saturated heterocycles. The number of nitrogens with zero attached hydrogens (tertiary/aromatic N) is 2. The van der Waals surface area contributed by atoms with Crippen LogP contribution in [0.15, 0.2) is 103 Å². The summed E-state index contributed by atoms with van der Waals surface area (Å²) in [6, 6.07) is 9.98. The minimum Gasteiger partial charge on any atom is -0.337 e. The van der Waals surface area contributed by atoms with Gasteiger partial charge in [0.25, 0.3) is 0 Å². The van der Waals surface area contributed by atoms with Crippen LogP contribution in [-0.2, 0) is 4.79 Å². The van der Waals surface area contributed by atoms with Gasteiger partial charge in [-0.2, -0.15) is 0 Å². The first-order valence-corrected chi connectivity index (χ1v) is 11.5. The number of rotatable bonds is 11. The summed E-state index contributed by atoms with van der Waals surface area (Å²) in [5.74, 6) is -0.309. The summed E-state index contributed by atoms with van der Waals surface area (Å²) in [6.07, 6.45) is 18.0. The van der Waals surface area contributed by atoms with Crippen LogP contribution in [0.2, 0.25) is 0 Å². The van der Waals surface area contributed by atoms with Gasteiger partial charge in [-0.15, -0.1) is 0 Å². The van der Waals surface area contributed by atoms with Crippen molar-refractivity contribution in [3.05, 3.63) is 109 Å². The number of carbonyl (C=O) groups excluding carboxylic acids is 1. The maximum atomic E-state index is 14.1. The molecule has 0 aromatic heterocycles. The van der Waals surface area contributed by atoms with E-state index in [1.165, 1.54) is 12.8 Å². The molecule has 170 valence electrons. The Kier molecular flexibility index (Phi) is 10.7. The Hall–Kier alpha value is -2.91. The van der Waals surface area contributed by atoms with E-state index in [0.717, 1.165) is 36.3 Å². The predicted molar refractivity (Wildman–Crippen MR) is 138 cm³/mol. The number of hydrogen-bond donors (Lipinski definition) is 0. The van der Waals surface area contributed by atoms with Crippen molar-refractivity contribution in [3.8, 4) is 0 Å². The van der Waals surface area contributed by atoms with E-state index in [0.29, 0.717) is 0 Å². The molecule has 0 radical (unpaired) electrons. The number of hydrogen-bond acceptors (Lipinski definition) is 2. The first-order chi connectivity index (χ1) is 15.6. The van der Waals surface area contributed by atoms with Gasteiger partial charge in [-0.25, -0.2) is 0 Å². The fourth-order valence-corrected chi connectivity index (χ4v) is 4.30. The van der Waals surface area contributed by atoms with Gasteiger partial charge in [-0.3, -0.25) is 4.79 Å². The summed E-state index contributed by atoms with van der Waals surface area (Å²) >= 11 is 0. The molecule has 32 heavy (non-hydrogen) atoms. The molecule has 1 fully saturated rings. The Balaban J connectivity index is 2.49. The van der Waals surface area contributed by atoms with E-state index >= 15 is 0 Å². The van der Waals surface area contributed by atoms with Crippen molar-refractivity contribution in [1.29, 1.82) is 0 Å². The lowest BCUT2D eigenvalue weighted by molar-refractivity contribution is -0.132. The first-order valence-electron chi connectivity index (χ1n) is 11.5. The van der Waals surface area contributed by atoms with Crippen LogP contribution in [-0.4, -0.2) is 48.4 Å². The van der Waals surface area contributed by atoms with E-state index < -0.39 is 5.92 Å². The van der Waals surface area contributed by atoms with E-state index in [2.05, 4.69) is 30.2 Å². The van der Waals surface area contributed by atoms with Crippen LogP contribution >= 0.6 is 0 Å². The Bertz CT molecular complexity index is 870. The van der Waals surface area contributed by atoms with Crippen LogP contribution in [0.1, 0.15) is 38.2 Å². The van der Waals surface area contributed by atoms with Crippen molar-refractivity contribution in [3.63, 3.8) is 0 Å². The van der Waals surface area contributed by atoms with Gasteiger partial charge in [0.05, 0.1) is 12.0 Å². The Morgan fingerprint density at radius 1 is 1.06 bits per heavy atom. The molecule has 0 N–H and O–H groups in total. The minimum atomic E-state index is -0.391. The molecule has 0 bridgehead atoms. The van der Waals surface area contributed by atoms with Gasteiger partial charge in [-0.05, 0) is 56.5 Å². The maximum absolute atomic E-state index is 14.1. The van der Waals surface area contributed by atoms with Crippen molar-refractivity contribution in [2.45, 2.75) is 38.6 Å². The SMILES string of the molecule is C=C/C=C\C(=C/C)C(CN1CCCC1)N(C)C(=O)C(C(/C=C\C)=C/C=C)c1ccccc1. The minimum absolute atomic E-state index is 0.0383. The van der Waals surface area contributed by atoms with Gasteiger partial charge >= 0.3 is 0 Å². The number of likely N-dealkylation sites (N-methyl/N-ethyl adjacent to an activating group) is 1. The van der Waals surface area contributed by atoms with Crippen LogP contribution in [0.3, 0.4) is 0 Å². The quantitative estimate of drug-likeness (QED) is 0.398. The van der Waals surface area contributed by atoms with Crippen molar-refractivity contribution >= 4 is 5.91 Å². The van der Waals surface area contributed by atoms with Crippen molar-refractivity contribution in [2.24, 2.45) is 0 Å². The molecule has 2 rings (SSSR count). The summed E-state index contributed by atoms with van der Waals surface area (Å²) in [4.78, 5) is 18.5. The zero-order valence-electron chi connectivity index (χ0n) is 19.9. The third-order valence-electron chi connectivity index (χ3n) is 5.97. The second-order valence-electron chi connectivity index (χ2n) is 8.10. The van der Waals surface area contributed by atoms with Crippen LogP contribution in [0.4, 0.5) is 0 Å². The molecule has 3 nitrogen and oxygen atoms in total. The highest BCUT2D eigenvalue weighted by Gasteiger charge is 2.32. The largest absolute Gasteiger partial charge is 0.337 e. The van der Waals surface area contributed by atoms with Crippen molar-refractivity contribution in [1.82, 2.24) is 9.80 Å². The first kappa shape index (κ1) is 25.4. The normalized spacial score (nSPS) is 17.6. The smallest absolute Gasteiger partial charge is 0.234 e. The van der Waals surface area contributed by atoms with Crippen molar-refractivity contribution in [2.75, 3.05) is 26.7 Å². The average molecular weight is 431 g/mol. The molecule has 1 aliphatic rings. The number of likely N-dealkylation sites (tertiary alicyclic amines) is 1. The third-order valence-corrected chi connectivity index (χ3v) is 5.97. The van der Waals surface area contributed by atoms with Gasteiger partial charge in [0.2, 0.25) is 5.91 Å². The van der Waals surface area contributed by atoms with Gasteiger partial charge in [-0.1, -0.05) is 92.1 Å². The Labute approximate surface area is 194 Å². The van der Waals surface area contributed by atoms with E-state index in [-0.39, 0.29) is 11.9 Å². The molecule has 2 atom stereocenters. The Morgan fingerprint density at radius 2 is 1.75 bits per heavy atom. The maximum Gasteiger partial charge on any atom is 0.234 e. The Morgan fingerprint density at radius 3 is 2.31 bits per heavy atom. The number of carbonyl (C=O) groups is 1. The van der Waals surface area contributed by atoms with E-state index in [1.54, 1.807) is 12.2 Å². The molecule has 1 aromatic rings. The fourth-order valence-electron chi connectivity index (χ4n) is 4.30. The molecule has 3 heteroatoms. The summed E-state index contributed by atoms with van der Waals surface area (Å²) < 4.78 is 0. The van der Waals surface area contributed by atoms with Gasteiger partial charge in [0, 0.05) is 13.6 Å². The highest BCUT2D eigenvalue weighted by atomic mass is 16.2. The number of benzene rings is 1. The molecule has 1 heterocycles. The average Bonchev–Trinajstić information content (AvgIpc) is 3.32. The lowest BCUT2D eigenvalue weighted by Gasteiger charge is -2.35. The molecular weight excluding hydrogens is 392 g/mol. The van der Waals surface area contributed by atoms with Crippen LogP contribution in [0, 0.1) is 0 Å². The standard InChI is InChI=1S/C29H38N2O/c1-6-10-18-24(9-4)27(23-31-21-14-15-22-31)30(5)29(32)28(25(16-7-2)17-8-3)26-19-12-11-13-20-26/h6-13,16-20,27-28H,1-2,14-15,21-23H2,3-5H3/b17-8-,18-10-,24-9+,25-16+. The molecule has 0 aliphatic carbocycles. The van der Waals surface area contributed by atoms with E-state index in [1.807, 2.05) is 80.4 Å². The summed E-state index contributed by atoms with van der Waals surface area (Å²) in [6.45, 7) is 14.7. The summed E-state index contributed by atoms with van der Waals surface area (Å²) in [5, 5.41) is 0. The number of amides is 1. The zero-order valence-corrected chi connectivity index (χ0v) is 19.9. The highest BCUT2D eigenvalue weighted by molar-refractivity contribution is 5.88. The predicted octanol–water partition coefficient (Wildman–Crippen LogP) is 6.07. The topological polar surface area (TPSA) is 23.6 Å². The monoisotopic (exact) mass is 430 g/mol. The van der Waals surface area contributed by atoms with E-state index in [4.69, 9.17) is 0 Å². The molecule has 1 amide bonds. The van der Waals surface area contributed by atoms with Gasteiger partial charge in [0.1, 0.15) is 0 Å². The second-order valence-corrected chi connectivity index (χ2v) is 8.10. The van der Waals surface area contributed by atoms with Crippen LogP contribution in [0.5, 0.6) is 0 Å². The van der Waals surface area contributed by atoms with Crippen LogP contribution < -0.4 is 0 Å². The number of allylic oxidation sites excluding steroid dienone is 7. The lowest BCUT2D eigenvalue weighted by atomic mass is 9.88.